The van der Waals surface area contributed by atoms with Gasteiger partial charge in [-0.1, -0.05) is 18.2 Å². The van der Waals surface area contributed by atoms with Gasteiger partial charge in [0.05, 0.1) is 35.5 Å². The lowest BCUT2D eigenvalue weighted by Crippen LogP contribution is -2.27. The van der Waals surface area contributed by atoms with Crippen LogP contribution in [0.15, 0.2) is 73.1 Å². The summed E-state index contributed by atoms with van der Waals surface area (Å²) in [4.78, 5) is 21.5. The molecule has 0 aliphatic heterocycles. The molecular weight excluding hydrogens is 431 g/mol. The lowest BCUT2D eigenvalue weighted by Gasteiger charge is -2.14. The number of halogens is 3. The largest absolute Gasteiger partial charge is 0.497 e. The van der Waals surface area contributed by atoms with Crippen LogP contribution in [-0.4, -0.2) is 23.0 Å². The van der Waals surface area contributed by atoms with Crippen LogP contribution in [0.4, 0.5) is 13.2 Å². The van der Waals surface area contributed by atoms with Crippen molar-refractivity contribution < 1.29 is 22.7 Å². The predicted octanol–water partition coefficient (Wildman–Crippen LogP) is 5.82. The van der Waals surface area contributed by atoms with Gasteiger partial charge in [-0.3, -0.25) is 14.8 Å². The molecule has 0 saturated carbocycles. The minimum absolute atomic E-state index is 0.303. The van der Waals surface area contributed by atoms with E-state index < -0.39 is 11.7 Å². The van der Waals surface area contributed by atoms with Crippen LogP contribution in [0, 0.1) is 0 Å². The highest BCUT2D eigenvalue weighted by Crippen LogP contribution is 2.35. The Labute approximate surface area is 188 Å². The minimum Gasteiger partial charge on any atom is -0.497 e. The van der Waals surface area contributed by atoms with Crippen LogP contribution >= 0.6 is 0 Å². The number of pyridine rings is 2. The number of nitrogens with zero attached hydrogens (tertiary/aromatic N) is 2. The molecule has 1 atom stereocenters. The lowest BCUT2D eigenvalue weighted by molar-refractivity contribution is -0.137. The van der Waals surface area contributed by atoms with E-state index in [1.165, 1.54) is 25.4 Å². The van der Waals surface area contributed by atoms with Crippen LogP contribution in [0.2, 0.25) is 0 Å². The average molecular weight is 451 g/mol. The number of hydrogen-bond donors (Lipinski definition) is 1. The van der Waals surface area contributed by atoms with Crippen LogP contribution in [0.3, 0.4) is 0 Å². The second-order valence-corrected chi connectivity index (χ2v) is 7.50. The van der Waals surface area contributed by atoms with Gasteiger partial charge in [0.1, 0.15) is 5.75 Å². The van der Waals surface area contributed by atoms with Crippen molar-refractivity contribution in [2.75, 3.05) is 7.11 Å². The second-order valence-electron chi connectivity index (χ2n) is 7.50. The SMILES string of the molecule is COc1cc(-c2ccc(C(F)(F)F)cc2)c2ncc(C(=O)N[C@@H](C)c3ccccn3)cc2c1. The number of hydrogen-bond acceptors (Lipinski definition) is 4. The van der Waals surface area contributed by atoms with Gasteiger partial charge in [0.25, 0.3) is 5.91 Å². The number of fused-ring (bicyclic) bond motifs is 1. The molecule has 0 spiro atoms. The summed E-state index contributed by atoms with van der Waals surface area (Å²) in [5.41, 5.74) is 2.05. The Hall–Kier alpha value is -3.94. The number of carbonyl (C=O) groups is 1. The standard InChI is InChI=1S/C25H20F3N3O2/c1-15(22-5-3-4-10-29-22)31-24(32)18-11-17-12-20(33-2)13-21(23(17)30-14-18)16-6-8-19(9-7-16)25(26,27)28/h3-15H,1-2H3,(H,31,32)/t15-/m0/s1. The van der Waals surface area contributed by atoms with E-state index in [4.69, 9.17) is 4.74 Å². The smallest absolute Gasteiger partial charge is 0.416 e. The molecule has 168 valence electrons. The summed E-state index contributed by atoms with van der Waals surface area (Å²) in [5, 5.41) is 3.52. The normalized spacial score (nSPS) is 12.4. The zero-order valence-electron chi connectivity index (χ0n) is 17.9. The Morgan fingerprint density at radius 2 is 1.79 bits per heavy atom. The van der Waals surface area contributed by atoms with Crippen molar-refractivity contribution in [1.29, 1.82) is 0 Å². The Morgan fingerprint density at radius 1 is 1.03 bits per heavy atom. The van der Waals surface area contributed by atoms with Crippen LogP contribution in [0.5, 0.6) is 5.75 Å². The van der Waals surface area contributed by atoms with Crippen molar-refractivity contribution >= 4 is 16.8 Å². The molecule has 5 nitrogen and oxygen atoms in total. The summed E-state index contributed by atoms with van der Waals surface area (Å²) in [6, 6.07) is 15.1. The molecule has 0 fully saturated rings. The second kappa shape index (κ2) is 8.90. The Kier molecular flexibility index (Phi) is 6.00. The molecule has 1 amide bonds. The fraction of sp³-hybridized carbons (Fsp3) is 0.160. The number of alkyl halides is 3. The number of aromatic nitrogens is 2. The molecule has 0 radical (unpaired) electrons. The monoisotopic (exact) mass is 451 g/mol. The van der Waals surface area contributed by atoms with Crippen molar-refractivity contribution in [1.82, 2.24) is 15.3 Å². The predicted molar refractivity (Wildman–Crippen MR) is 119 cm³/mol. The van der Waals surface area contributed by atoms with Crippen LogP contribution in [0.25, 0.3) is 22.0 Å². The molecule has 2 aromatic carbocycles. The van der Waals surface area contributed by atoms with Gasteiger partial charge >= 0.3 is 6.18 Å². The number of carbonyl (C=O) groups excluding carboxylic acids is 1. The highest BCUT2D eigenvalue weighted by atomic mass is 19.4. The van der Waals surface area contributed by atoms with E-state index in [2.05, 4.69) is 15.3 Å². The van der Waals surface area contributed by atoms with Crippen LogP contribution in [0.1, 0.15) is 34.6 Å². The third-order valence-corrected chi connectivity index (χ3v) is 5.26. The molecule has 8 heteroatoms. The Bertz CT molecular complexity index is 1290. The average Bonchev–Trinajstić information content (AvgIpc) is 2.83. The van der Waals surface area contributed by atoms with Gasteiger partial charge in [0.2, 0.25) is 0 Å². The van der Waals surface area contributed by atoms with E-state index in [0.29, 0.717) is 33.3 Å². The van der Waals surface area contributed by atoms with Gasteiger partial charge in [0.15, 0.2) is 0 Å². The summed E-state index contributed by atoms with van der Waals surface area (Å²) >= 11 is 0. The molecule has 0 aliphatic rings. The summed E-state index contributed by atoms with van der Waals surface area (Å²) in [7, 11) is 1.50. The molecule has 0 aliphatic carbocycles. The number of ether oxygens (including phenoxy) is 1. The molecule has 2 heterocycles. The van der Waals surface area contributed by atoms with Crippen LogP contribution < -0.4 is 10.1 Å². The molecular formula is C25H20F3N3O2. The number of rotatable bonds is 5. The van der Waals surface area contributed by atoms with Crippen molar-refractivity contribution in [3.63, 3.8) is 0 Å². The molecule has 0 saturated heterocycles. The van der Waals surface area contributed by atoms with Crippen molar-refractivity contribution in [2.45, 2.75) is 19.1 Å². The quantitative estimate of drug-likeness (QED) is 0.416. The Balaban J connectivity index is 1.69. The summed E-state index contributed by atoms with van der Waals surface area (Å²) in [5.74, 6) is 0.181. The first-order chi connectivity index (χ1) is 15.8. The molecule has 0 unspecified atom stereocenters. The fourth-order valence-corrected chi connectivity index (χ4v) is 3.51. The lowest BCUT2D eigenvalue weighted by atomic mass is 9.99. The number of benzene rings is 2. The maximum Gasteiger partial charge on any atom is 0.416 e. The first-order valence-corrected chi connectivity index (χ1v) is 10.1. The topological polar surface area (TPSA) is 64.1 Å². The van der Waals surface area contributed by atoms with E-state index in [0.717, 1.165) is 17.8 Å². The van der Waals surface area contributed by atoms with E-state index in [1.54, 1.807) is 30.5 Å². The molecule has 33 heavy (non-hydrogen) atoms. The summed E-state index contributed by atoms with van der Waals surface area (Å²) in [6.07, 6.45) is -1.31. The van der Waals surface area contributed by atoms with Gasteiger partial charge in [-0.25, -0.2) is 0 Å². The van der Waals surface area contributed by atoms with E-state index >= 15 is 0 Å². The third kappa shape index (κ3) is 4.79. The van der Waals surface area contributed by atoms with E-state index in [-0.39, 0.29) is 11.9 Å². The van der Waals surface area contributed by atoms with Crippen LogP contribution in [-0.2, 0) is 6.18 Å². The molecule has 4 rings (SSSR count). The molecule has 1 N–H and O–H groups in total. The Morgan fingerprint density at radius 3 is 2.42 bits per heavy atom. The molecule has 2 aromatic heterocycles. The van der Waals surface area contributed by atoms with Gasteiger partial charge in [0, 0.05) is 23.3 Å². The summed E-state index contributed by atoms with van der Waals surface area (Å²) < 4.78 is 44.2. The first kappa shape index (κ1) is 22.3. The van der Waals surface area contributed by atoms with Gasteiger partial charge in [-0.05, 0) is 55.0 Å². The first-order valence-electron chi connectivity index (χ1n) is 10.1. The van der Waals surface area contributed by atoms with Crippen molar-refractivity contribution in [2.24, 2.45) is 0 Å². The van der Waals surface area contributed by atoms with E-state index in [1.807, 2.05) is 19.1 Å². The van der Waals surface area contributed by atoms with E-state index in [9.17, 15) is 18.0 Å². The van der Waals surface area contributed by atoms with Gasteiger partial charge in [-0.2, -0.15) is 13.2 Å². The van der Waals surface area contributed by atoms with Gasteiger partial charge in [-0.15, -0.1) is 0 Å². The minimum atomic E-state index is -4.41. The third-order valence-electron chi connectivity index (χ3n) is 5.26. The number of nitrogens with one attached hydrogen (secondary N) is 1. The van der Waals surface area contributed by atoms with Crippen molar-refractivity contribution in [3.8, 4) is 16.9 Å². The highest BCUT2D eigenvalue weighted by Gasteiger charge is 2.30. The number of methoxy groups -OCH3 is 1. The summed E-state index contributed by atoms with van der Waals surface area (Å²) in [6.45, 7) is 1.83. The maximum absolute atomic E-state index is 12.9. The maximum atomic E-state index is 12.9. The molecule has 4 aromatic rings. The molecule has 0 bridgehead atoms. The highest BCUT2D eigenvalue weighted by molar-refractivity contribution is 6.01. The fourth-order valence-electron chi connectivity index (χ4n) is 3.51. The number of amides is 1. The van der Waals surface area contributed by atoms with Crippen molar-refractivity contribution in [3.05, 3.63) is 89.9 Å². The van der Waals surface area contributed by atoms with Gasteiger partial charge < -0.3 is 10.1 Å². The zero-order valence-corrected chi connectivity index (χ0v) is 17.9. The zero-order chi connectivity index (χ0) is 23.6.